The van der Waals surface area contributed by atoms with Gasteiger partial charge in [0, 0.05) is 11.8 Å². The van der Waals surface area contributed by atoms with Crippen molar-refractivity contribution in [3.8, 4) is 0 Å². The fraction of sp³-hybridized carbons (Fsp3) is 0.684. The largest absolute Gasteiger partial charge is 0.472 e. The van der Waals surface area contributed by atoms with Crippen LogP contribution in [0.4, 0.5) is 0 Å². The van der Waals surface area contributed by atoms with Gasteiger partial charge in [0.2, 0.25) is 0 Å². The Bertz CT molecular complexity index is 693. The predicted octanol–water partition coefficient (Wildman–Crippen LogP) is 3.45. The van der Waals surface area contributed by atoms with Gasteiger partial charge < -0.3 is 9.15 Å². The Morgan fingerprint density at radius 3 is 2.80 bits per heavy atom. The lowest BCUT2D eigenvalue weighted by molar-refractivity contribution is -0.456. The Morgan fingerprint density at radius 2 is 2.08 bits per heavy atom. The zero-order valence-electron chi connectivity index (χ0n) is 14.9. The molecule has 1 aromatic rings. The highest BCUT2D eigenvalue weighted by Gasteiger charge is 2.69. The minimum atomic E-state index is -0.926. The molecule has 0 radical (unpaired) electrons. The van der Waals surface area contributed by atoms with E-state index in [0.717, 1.165) is 12.8 Å². The lowest BCUT2D eigenvalue weighted by Crippen LogP contribution is -2.70. The van der Waals surface area contributed by atoms with Crippen LogP contribution in [0, 0.1) is 10.8 Å². The van der Waals surface area contributed by atoms with Crippen LogP contribution in [-0.2, 0) is 19.3 Å². The van der Waals surface area contributed by atoms with Crippen LogP contribution in [-0.4, -0.2) is 29.6 Å². The van der Waals surface area contributed by atoms with Crippen molar-refractivity contribution in [3.63, 3.8) is 0 Å². The van der Waals surface area contributed by atoms with Gasteiger partial charge in [-0.15, -0.1) is 0 Å². The first-order chi connectivity index (χ1) is 11.8. The minimum absolute atomic E-state index is 0.0444. The molecule has 2 heterocycles. The Labute approximate surface area is 146 Å². The highest BCUT2D eigenvalue weighted by atomic mass is 17.2. The summed E-state index contributed by atoms with van der Waals surface area (Å²) in [5.74, 6) is -0.315. The molecule has 1 aromatic heterocycles. The third kappa shape index (κ3) is 2.23. The number of carbonyl (C=O) groups excluding carboxylic acids is 2. The highest BCUT2D eigenvalue weighted by Crippen LogP contribution is 2.64. The number of ether oxygens (including phenoxy) is 1. The normalized spacial score (nSPS) is 39.6. The SMILES string of the molecule is CC1(C)CCC(=O)[C@@]2(C)OOC3C[C@@]12CCC3OC(=O)c1ccoc1. The van der Waals surface area contributed by atoms with Gasteiger partial charge in [0.1, 0.15) is 18.5 Å². The van der Waals surface area contributed by atoms with E-state index in [1.165, 1.54) is 12.5 Å². The number of esters is 1. The lowest BCUT2D eigenvalue weighted by atomic mass is 9.45. The molecule has 2 unspecified atom stereocenters. The third-order valence-electron chi connectivity index (χ3n) is 6.89. The van der Waals surface area contributed by atoms with Crippen LogP contribution in [0.3, 0.4) is 0 Å². The van der Waals surface area contributed by atoms with Crippen LogP contribution in [0.25, 0.3) is 0 Å². The van der Waals surface area contributed by atoms with Gasteiger partial charge in [0.25, 0.3) is 0 Å². The second-order valence-corrected chi connectivity index (χ2v) is 8.34. The average molecular weight is 348 g/mol. The molecule has 0 amide bonds. The van der Waals surface area contributed by atoms with Crippen molar-refractivity contribution in [1.29, 1.82) is 0 Å². The maximum Gasteiger partial charge on any atom is 0.341 e. The number of fused-ring (bicyclic) bond motifs is 1. The van der Waals surface area contributed by atoms with Gasteiger partial charge in [-0.1, -0.05) is 13.8 Å². The summed E-state index contributed by atoms with van der Waals surface area (Å²) < 4.78 is 10.6. The van der Waals surface area contributed by atoms with E-state index in [1.807, 2.05) is 6.92 Å². The fourth-order valence-electron chi connectivity index (χ4n) is 5.12. The van der Waals surface area contributed by atoms with Crippen LogP contribution in [0.1, 0.15) is 63.2 Å². The molecule has 6 heteroatoms. The first kappa shape index (κ1) is 16.8. The fourth-order valence-corrected chi connectivity index (χ4v) is 5.12. The Balaban J connectivity index is 1.58. The zero-order chi connectivity index (χ0) is 17.9. The predicted molar refractivity (Wildman–Crippen MR) is 86.6 cm³/mol. The van der Waals surface area contributed by atoms with Crippen molar-refractivity contribution in [2.24, 2.45) is 10.8 Å². The molecule has 3 fully saturated rings. The molecule has 0 aromatic carbocycles. The number of rotatable bonds is 2. The first-order valence-corrected chi connectivity index (χ1v) is 8.90. The van der Waals surface area contributed by atoms with E-state index in [-0.39, 0.29) is 28.8 Å². The van der Waals surface area contributed by atoms with E-state index in [1.54, 1.807) is 6.07 Å². The zero-order valence-corrected chi connectivity index (χ0v) is 14.9. The molecule has 4 rings (SSSR count). The van der Waals surface area contributed by atoms with Gasteiger partial charge in [-0.05, 0) is 44.1 Å². The smallest absolute Gasteiger partial charge is 0.341 e. The molecule has 1 aliphatic heterocycles. The summed E-state index contributed by atoms with van der Waals surface area (Å²) in [7, 11) is 0. The van der Waals surface area contributed by atoms with E-state index in [2.05, 4.69) is 13.8 Å². The molecular formula is C19H24O6. The van der Waals surface area contributed by atoms with Gasteiger partial charge in [0.05, 0.1) is 11.8 Å². The number of ketones is 1. The molecule has 2 saturated carbocycles. The summed E-state index contributed by atoms with van der Waals surface area (Å²) in [5.41, 5.74) is -0.881. The van der Waals surface area contributed by atoms with Crippen molar-refractivity contribution in [1.82, 2.24) is 0 Å². The van der Waals surface area contributed by atoms with Crippen molar-refractivity contribution >= 4 is 11.8 Å². The highest BCUT2D eigenvalue weighted by molar-refractivity contribution is 5.90. The van der Waals surface area contributed by atoms with E-state index < -0.39 is 11.6 Å². The molecule has 1 spiro atoms. The molecular weight excluding hydrogens is 324 g/mol. The van der Waals surface area contributed by atoms with Crippen LogP contribution in [0.2, 0.25) is 0 Å². The molecule has 0 N–H and O–H groups in total. The number of Topliss-reactive ketones (excluding diaryl/α,β-unsaturated/α-hetero) is 1. The maximum atomic E-state index is 12.6. The number of hydrogen-bond acceptors (Lipinski definition) is 6. The molecule has 3 aliphatic rings. The molecule has 25 heavy (non-hydrogen) atoms. The van der Waals surface area contributed by atoms with Crippen molar-refractivity contribution in [2.45, 2.75) is 70.7 Å². The molecule has 2 aliphatic carbocycles. The topological polar surface area (TPSA) is 75.0 Å². The van der Waals surface area contributed by atoms with Gasteiger partial charge in [-0.3, -0.25) is 4.79 Å². The Kier molecular flexibility index (Phi) is 3.64. The summed E-state index contributed by atoms with van der Waals surface area (Å²) >= 11 is 0. The summed E-state index contributed by atoms with van der Waals surface area (Å²) in [6.45, 7) is 6.28. The molecule has 6 nitrogen and oxygen atoms in total. The second kappa shape index (κ2) is 5.42. The van der Waals surface area contributed by atoms with E-state index in [4.69, 9.17) is 18.9 Å². The quantitative estimate of drug-likeness (QED) is 0.602. The first-order valence-electron chi connectivity index (χ1n) is 8.90. The van der Waals surface area contributed by atoms with Crippen molar-refractivity contribution < 1.29 is 28.5 Å². The van der Waals surface area contributed by atoms with E-state index in [0.29, 0.717) is 24.8 Å². The van der Waals surface area contributed by atoms with Crippen molar-refractivity contribution in [3.05, 3.63) is 24.2 Å². The van der Waals surface area contributed by atoms with Crippen LogP contribution in [0.5, 0.6) is 0 Å². The van der Waals surface area contributed by atoms with Crippen molar-refractivity contribution in [2.75, 3.05) is 0 Å². The van der Waals surface area contributed by atoms with Gasteiger partial charge in [-0.25, -0.2) is 14.6 Å². The Hall–Kier alpha value is -1.66. The standard InChI is InChI=1S/C19H24O6/c1-17(2)7-5-15(20)18(3)19(17)8-4-13(14(10-19)24-25-18)23-16(21)12-6-9-22-11-12/h6,9,11,13-14H,4-5,7-8,10H2,1-3H3/t13?,14?,18-,19+/m1/s1. The van der Waals surface area contributed by atoms with E-state index in [9.17, 15) is 9.59 Å². The summed E-state index contributed by atoms with van der Waals surface area (Å²) in [4.78, 5) is 36.2. The average Bonchev–Trinajstić information content (AvgIpc) is 3.11. The summed E-state index contributed by atoms with van der Waals surface area (Å²) in [6, 6.07) is 1.57. The molecule has 2 bridgehead atoms. The second-order valence-electron chi connectivity index (χ2n) is 8.34. The molecule has 1 saturated heterocycles. The van der Waals surface area contributed by atoms with Crippen LogP contribution < -0.4 is 0 Å². The number of hydrogen-bond donors (Lipinski definition) is 0. The summed E-state index contributed by atoms with van der Waals surface area (Å²) in [5, 5.41) is 0. The van der Waals surface area contributed by atoms with Gasteiger partial charge >= 0.3 is 5.97 Å². The Morgan fingerprint density at radius 1 is 1.28 bits per heavy atom. The molecule has 4 atom stereocenters. The number of carbonyl (C=O) groups is 2. The summed E-state index contributed by atoms with van der Waals surface area (Å²) in [6.07, 6.45) is 5.50. The maximum absolute atomic E-state index is 12.6. The lowest BCUT2D eigenvalue weighted by Gasteiger charge is -2.64. The van der Waals surface area contributed by atoms with E-state index >= 15 is 0 Å². The van der Waals surface area contributed by atoms with Crippen LogP contribution in [0.15, 0.2) is 23.0 Å². The molecule has 136 valence electrons. The van der Waals surface area contributed by atoms with Crippen LogP contribution >= 0.6 is 0 Å². The van der Waals surface area contributed by atoms with Gasteiger partial charge in [0.15, 0.2) is 11.4 Å². The number of furan rings is 1. The monoisotopic (exact) mass is 348 g/mol. The minimum Gasteiger partial charge on any atom is -0.472 e. The third-order valence-corrected chi connectivity index (χ3v) is 6.89. The van der Waals surface area contributed by atoms with Gasteiger partial charge in [-0.2, -0.15) is 0 Å².